The molecule has 28 heavy (non-hydrogen) atoms. The molecule has 3 rings (SSSR count). The number of amides is 1. The molecule has 0 fully saturated rings. The highest BCUT2D eigenvalue weighted by Crippen LogP contribution is 2.29. The first kappa shape index (κ1) is 19.8. The third-order valence-electron chi connectivity index (χ3n) is 4.22. The Labute approximate surface area is 160 Å². The van der Waals surface area contributed by atoms with E-state index in [0.29, 0.717) is 0 Å². The fourth-order valence-corrected chi connectivity index (χ4v) is 4.31. The number of sulfone groups is 1. The zero-order chi connectivity index (χ0) is 20.3. The number of aryl methyl sites for hydroxylation is 1. The molecule has 0 radical (unpaired) electrons. The molecule has 2 aromatic carbocycles. The number of carbonyl (C=O) groups excluding carboxylic acids is 1. The quantitative estimate of drug-likeness (QED) is 0.677. The summed E-state index contributed by atoms with van der Waals surface area (Å²) in [6.07, 6.45) is 1.31. The highest BCUT2D eigenvalue weighted by atomic mass is 32.2. The Balaban J connectivity index is 1.90. The molecule has 1 heterocycles. The van der Waals surface area contributed by atoms with Crippen molar-refractivity contribution in [2.75, 3.05) is 6.54 Å². The molecule has 0 aliphatic carbocycles. The summed E-state index contributed by atoms with van der Waals surface area (Å²) in [5, 5.41) is 1.04. The van der Waals surface area contributed by atoms with Gasteiger partial charge in [0.25, 0.3) is 5.91 Å². The van der Waals surface area contributed by atoms with Crippen molar-refractivity contribution in [3.63, 3.8) is 0 Å². The van der Waals surface area contributed by atoms with Gasteiger partial charge >= 0.3 is 0 Å². The highest BCUT2D eigenvalue weighted by Gasteiger charge is 2.32. The van der Waals surface area contributed by atoms with Gasteiger partial charge in [-0.05, 0) is 43.3 Å². The van der Waals surface area contributed by atoms with Crippen LogP contribution in [-0.2, 0) is 9.84 Å². The zero-order valence-corrected chi connectivity index (χ0v) is 15.7. The van der Waals surface area contributed by atoms with Gasteiger partial charge in [-0.25, -0.2) is 17.2 Å². The summed E-state index contributed by atoms with van der Waals surface area (Å²) in [6.45, 7) is 1.40. The summed E-state index contributed by atoms with van der Waals surface area (Å²) in [7, 11) is -3.93. The molecule has 3 aromatic rings. The maximum absolute atomic E-state index is 13.8. The second kappa shape index (κ2) is 7.93. The molecule has 5 nitrogen and oxygen atoms in total. The smallest absolute Gasteiger partial charge is 0.257 e. The molecule has 1 aromatic heterocycles. The summed E-state index contributed by atoms with van der Waals surface area (Å²) >= 11 is 0. The van der Waals surface area contributed by atoms with E-state index in [9.17, 15) is 22.0 Å². The van der Waals surface area contributed by atoms with Crippen LogP contribution in [0.2, 0.25) is 0 Å². The molecule has 0 saturated heterocycles. The van der Waals surface area contributed by atoms with Crippen molar-refractivity contribution in [1.82, 2.24) is 5.32 Å². The normalized spacial score (nSPS) is 12.5. The largest absolute Gasteiger partial charge is 0.468 e. The Hall–Kier alpha value is -3.00. The summed E-state index contributed by atoms with van der Waals surface area (Å²) in [5.74, 6) is -3.01. The van der Waals surface area contributed by atoms with Crippen LogP contribution in [0, 0.1) is 18.6 Å². The number of halogens is 2. The van der Waals surface area contributed by atoms with E-state index in [-0.39, 0.29) is 10.7 Å². The van der Waals surface area contributed by atoms with Gasteiger partial charge < -0.3 is 9.73 Å². The second-order valence-electron chi connectivity index (χ2n) is 6.17. The molecular weight excluding hydrogens is 388 g/mol. The summed E-state index contributed by atoms with van der Waals surface area (Å²) < 4.78 is 59.0. The minimum atomic E-state index is -3.93. The summed E-state index contributed by atoms with van der Waals surface area (Å²) in [4.78, 5) is 12.3. The van der Waals surface area contributed by atoms with Crippen molar-refractivity contribution in [2.24, 2.45) is 0 Å². The van der Waals surface area contributed by atoms with Crippen molar-refractivity contribution >= 4 is 15.7 Å². The topological polar surface area (TPSA) is 76.4 Å². The molecule has 1 N–H and O–H groups in total. The first-order valence-corrected chi connectivity index (χ1v) is 9.91. The molecule has 1 amide bonds. The van der Waals surface area contributed by atoms with Gasteiger partial charge in [0.2, 0.25) is 0 Å². The van der Waals surface area contributed by atoms with E-state index in [2.05, 4.69) is 5.32 Å². The van der Waals surface area contributed by atoms with Gasteiger partial charge in [-0.1, -0.05) is 23.8 Å². The molecule has 0 bridgehead atoms. The van der Waals surface area contributed by atoms with Crippen LogP contribution in [0.4, 0.5) is 8.78 Å². The van der Waals surface area contributed by atoms with Crippen LogP contribution in [0.3, 0.4) is 0 Å². The first-order chi connectivity index (χ1) is 13.3. The van der Waals surface area contributed by atoms with E-state index in [4.69, 9.17) is 4.42 Å². The number of carbonyl (C=O) groups is 1. The summed E-state index contributed by atoms with van der Waals surface area (Å²) in [5.41, 5.74) is 0.116. The fraction of sp³-hybridized carbons (Fsp3) is 0.150. The van der Waals surface area contributed by atoms with Crippen LogP contribution in [0.15, 0.2) is 70.2 Å². The van der Waals surface area contributed by atoms with Crippen molar-refractivity contribution in [3.8, 4) is 0 Å². The molecule has 8 heteroatoms. The van der Waals surface area contributed by atoms with Crippen LogP contribution in [0.1, 0.15) is 26.9 Å². The predicted molar refractivity (Wildman–Crippen MR) is 98.5 cm³/mol. The molecule has 0 spiro atoms. The van der Waals surface area contributed by atoms with E-state index in [1.165, 1.54) is 30.5 Å². The molecular formula is C20H17F2NO4S. The molecule has 0 unspecified atom stereocenters. The van der Waals surface area contributed by atoms with Gasteiger partial charge in [0.05, 0.1) is 11.2 Å². The average molecular weight is 405 g/mol. The Morgan fingerprint density at radius 1 is 1.04 bits per heavy atom. The zero-order valence-electron chi connectivity index (χ0n) is 14.9. The first-order valence-electron chi connectivity index (χ1n) is 8.37. The Kier molecular flexibility index (Phi) is 5.60. The third-order valence-corrected chi connectivity index (χ3v) is 6.30. The van der Waals surface area contributed by atoms with Gasteiger partial charge in [0.1, 0.15) is 28.2 Å². The standard InChI is InChI=1S/C20H17F2NO4S/c1-13-7-9-14(10-8-13)28(25,26)18(17-6-3-11-27-17)12-23-20(24)19-15(21)4-2-5-16(19)22/h2-11,18H,12H2,1H3,(H,23,24)/t18-/m1/s1. The van der Waals surface area contributed by atoms with Crippen molar-refractivity contribution in [1.29, 1.82) is 0 Å². The molecule has 1 atom stereocenters. The molecule has 146 valence electrons. The highest BCUT2D eigenvalue weighted by molar-refractivity contribution is 7.91. The van der Waals surface area contributed by atoms with E-state index < -0.39 is 44.7 Å². The van der Waals surface area contributed by atoms with Crippen LogP contribution in [0.25, 0.3) is 0 Å². The van der Waals surface area contributed by atoms with E-state index >= 15 is 0 Å². The SMILES string of the molecule is Cc1ccc(S(=O)(=O)[C@H](CNC(=O)c2c(F)cccc2F)c2ccco2)cc1. The van der Waals surface area contributed by atoms with Crippen LogP contribution < -0.4 is 5.32 Å². The number of benzene rings is 2. The van der Waals surface area contributed by atoms with Crippen molar-refractivity contribution < 1.29 is 26.4 Å². The average Bonchev–Trinajstić information content (AvgIpc) is 3.16. The Morgan fingerprint density at radius 2 is 1.68 bits per heavy atom. The monoisotopic (exact) mass is 405 g/mol. The number of furan rings is 1. The van der Waals surface area contributed by atoms with Gasteiger partial charge in [0.15, 0.2) is 9.84 Å². The number of hydrogen-bond donors (Lipinski definition) is 1. The number of hydrogen-bond acceptors (Lipinski definition) is 4. The minimum Gasteiger partial charge on any atom is -0.468 e. The van der Waals surface area contributed by atoms with Gasteiger partial charge in [0, 0.05) is 6.54 Å². The van der Waals surface area contributed by atoms with E-state index in [0.717, 1.165) is 23.8 Å². The van der Waals surface area contributed by atoms with Gasteiger partial charge in [-0.2, -0.15) is 0 Å². The lowest BCUT2D eigenvalue weighted by molar-refractivity contribution is 0.0945. The summed E-state index contributed by atoms with van der Waals surface area (Å²) in [6, 6.07) is 12.2. The molecule has 0 aliphatic rings. The van der Waals surface area contributed by atoms with E-state index in [1.54, 1.807) is 12.1 Å². The second-order valence-corrected chi connectivity index (χ2v) is 8.30. The van der Waals surface area contributed by atoms with Crippen LogP contribution >= 0.6 is 0 Å². The van der Waals surface area contributed by atoms with E-state index in [1.807, 2.05) is 6.92 Å². The van der Waals surface area contributed by atoms with Crippen LogP contribution in [-0.4, -0.2) is 20.9 Å². The Bertz CT molecular complexity index is 1060. The van der Waals surface area contributed by atoms with Gasteiger partial charge in [-0.15, -0.1) is 0 Å². The lowest BCUT2D eigenvalue weighted by atomic mass is 10.2. The Morgan fingerprint density at radius 3 is 2.25 bits per heavy atom. The van der Waals surface area contributed by atoms with Crippen molar-refractivity contribution in [3.05, 3.63) is 89.4 Å². The van der Waals surface area contributed by atoms with Gasteiger partial charge in [-0.3, -0.25) is 4.79 Å². The maximum Gasteiger partial charge on any atom is 0.257 e. The minimum absolute atomic E-state index is 0.0471. The third kappa shape index (κ3) is 3.96. The fourth-order valence-electron chi connectivity index (χ4n) is 2.72. The van der Waals surface area contributed by atoms with Crippen LogP contribution in [0.5, 0.6) is 0 Å². The maximum atomic E-state index is 13.8. The molecule has 0 saturated carbocycles. The number of nitrogens with one attached hydrogen (secondary N) is 1. The lowest BCUT2D eigenvalue weighted by Crippen LogP contribution is -2.32. The number of rotatable bonds is 6. The van der Waals surface area contributed by atoms with Crippen molar-refractivity contribution in [2.45, 2.75) is 17.1 Å². The predicted octanol–water partition coefficient (Wildman–Crippen LogP) is 3.81. The lowest BCUT2D eigenvalue weighted by Gasteiger charge is -2.17. The molecule has 0 aliphatic heterocycles.